The van der Waals surface area contributed by atoms with Gasteiger partial charge in [-0.2, -0.15) is 0 Å². The van der Waals surface area contributed by atoms with Gasteiger partial charge in [0.2, 0.25) is 0 Å². The third kappa shape index (κ3) is 1.85. The fourth-order valence-electron chi connectivity index (χ4n) is 2.24. The van der Waals surface area contributed by atoms with Gasteiger partial charge in [-0.3, -0.25) is 0 Å². The van der Waals surface area contributed by atoms with E-state index < -0.39 is 0 Å². The summed E-state index contributed by atoms with van der Waals surface area (Å²) in [6.07, 6.45) is 0.998. The summed E-state index contributed by atoms with van der Waals surface area (Å²) in [6.45, 7) is 3.03. The van der Waals surface area contributed by atoms with Crippen LogP contribution in [0.25, 0.3) is 11.3 Å². The molecule has 0 amide bonds. The number of anilines is 1. The van der Waals surface area contributed by atoms with Crippen LogP contribution in [0.3, 0.4) is 0 Å². The van der Waals surface area contributed by atoms with Crippen LogP contribution in [0.2, 0.25) is 0 Å². The number of aryl methyl sites for hydroxylation is 1. The summed E-state index contributed by atoms with van der Waals surface area (Å²) in [6, 6.07) is 8.43. The smallest absolute Gasteiger partial charge is 0.199 e. The summed E-state index contributed by atoms with van der Waals surface area (Å²) in [4.78, 5) is 7.53. The summed E-state index contributed by atoms with van der Waals surface area (Å²) in [5.74, 6) is 0.935. The Morgan fingerprint density at radius 3 is 3.06 bits per heavy atom. The Hall–Kier alpha value is -1.68. The molecule has 17 heavy (non-hydrogen) atoms. The van der Waals surface area contributed by atoms with Gasteiger partial charge in [0.25, 0.3) is 0 Å². The van der Waals surface area contributed by atoms with E-state index in [0.717, 1.165) is 24.5 Å². The van der Waals surface area contributed by atoms with E-state index in [4.69, 9.17) is 12.2 Å². The molecule has 0 fully saturated rings. The van der Waals surface area contributed by atoms with E-state index in [1.54, 1.807) is 0 Å². The predicted octanol–water partition coefficient (Wildman–Crippen LogP) is 3.08. The molecule has 1 aromatic heterocycles. The van der Waals surface area contributed by atoms with Gasteiger partial charge in [0.05, 0.1) is 5.69 Å². The second kappa shape index (κ2) is 3.96. The van der Waals surface area contributed by atoms with Crippen molar-refractivity contribution in [3.05, 3.63) is 40.2 Å². The Labute approximate surface area is 105 Å². The standard InChI is InChI=1S/C13H13N3S/c1-8-3-2-4-9(7-8)11-10-5-6-14-12(10)16-13(17)15-11/h2-4,7H,5-6H2,1H3,(H2,14,15,16,17). The van der Waals surface area contributed by atoms with E-state index >= 15 is 0 Å². The Morgan fingerprint density at radius 2 is 2.24 bits per heavy atom. The highest BCUT2D eigenvalue weighted by Crippen LogP contribution is 2.29. The fraction of sp³-hybridized carbons (Fsp3) is 0.231. The lowest BCUT2D eigenvalue weighted by molar-refractivity contribution is 1.08. The molecule has 86 valence electrons. The molecule has 0 aliphatic carbocycles. The lowest BCUT2D eigenvalue weighted by Gasteiger charge is -2.08. The molecule has 0 unspecified atom stereocenters. The quantitative estimate of drug-likeness (QED) is 0.756. The molecule has 0 bridgehead atoms. The van der Waals surface area contributed by atoms with Gasteiger partial charge in [0, 0.05) is 12.1 Å². The highest BCUT2D eigenvalue weighted by molar-refractivity contribution is 7.71. The number of fused-ring (bicyclic) bond motifs is 1. The Kier molecular flexibility index (Phi) is 2.44. The van der Waals surface area contributed by atoms with Crippen molar-refractivity contribution in [2.75, 3.05) is 11.9 Å². The number of hydrogen-bond donors (Lipinski definition) is 2. The molecule has 1 aromatic carbocycles. The third-order valence-corrected chi connectivity index (χ3v) is 3.20. The number of aromatic amines is 1. The van der Waals surface area contributed by atoms with Gasteiger partial charge < -0.3 is 10.3 Å². The van der Waals surface area contributed by atoms with E-state index in [1.807, 2.05) is 0 Å². The van der Waals surface area contributed by atoms with Gasteiger partial charge in [0.1, 0.15) is 5.82 Å². The minimum Gasteiger partial charge on any atom is -0.369 e. The lowest BCUT2D eigenvalue weighted by atomic mass is 10.0. The highest BCUT2D eigenvalue weighted by Gasteiger charge is 2.17. The van der Waals surface area contributed by atoms with Crippen molar-refractivity contribution < 1.29 is 0 Å². The van der Waals surface area contributed by atoms with Crippen LogP contribution >= 0.6 is 12.2 Å². The van der Waals surface area contributed by atoms with Crippen molar-refractivity contribution in [3.8, 4) is 11.3 Å². The molecule has 0 spiro atoms. The molecule has 0 saturated heterocycles. The zero-order chi connectivity index (χ0) is 11.8. The predicted molar refractivity (Wildman–Crippen MR) is 71.8 cm³/mol. The van der Waals surface area contributed by atoms with Gasteiger partial charge in [-0.1, -0.05) is 23.8 Å². The van der Waals surface area contributed by atoms with Crippen molar-refractivity contribution in [2.45, 2.75) is 13.3 Å². The number of nitrogens with zero attached hydrogens (tertiary/aromatic N) is 1. The van der Waals surface area contributed by atoms with Crippen molar-refractivity contribution in [1.82, 2.24) is 9.97 Å². The largest absolute Gasteiger partial charge is 0.369 e. The monoisotopic (exact) mass is 243 g/mol. The SMILES string of the molecule is Cc1cccc(-c2[nH]c(=S)nc3c2CCN3)c1. The zero-order valence-electron chi connectivity index (χ0n) is 9.58. The van der Waals surface area contributed by atoms with Crippen LogP contribution in [0.4, 0.5) is 5.82 Å². The molecule has 0 saturated carbocycles. The Morgan fingerprint density at radius 1 is 1.35 bits per heavy atom. The van der Waals surface area contributed by atoms with Crippen LogP contribution in [0.1, 0.15) is 11.1 Å². The molecule has 2 aromatic rings. The van der Waals surface area contributed by atoms with Crippen LogP contribution in [0.5, 0.6) is 0 Å². The first-order valence-corrected chi connectivity index (χ1v) is 6.09. The maximum absolute atomic E-state index is 5.17. The number of hydrogen-bond acceptors (Lipinski definition) is 3. The number of rotatable bonds is 1. The summed E-state index contributed by atoms with van der Waals surface area (Å²) in [7, 11) is 0. The fourth-order valence-corrected chi connectivity index (χ4v) is 2.43. The van der Waals surface area contributed by atoms with Gasteiger partial charge in [-0.05, 0) is 37.2 Å². The van der Waals surface area contributed by atoms with Crippen molar-refractivity contribution in [1.29, 1.82) is 0 Å². The molecule has 1 aliphatic rings. The van der Waals surface area contributed by atoms with Gasteiger partial charge >= 0.3 is 0 Å². The second-order valence-corrected chi connectivity index (χ2v) is 4.68. The normalized spacial score (nSPS) is 13.2. The number of nitrogens with one attached hydrogen (secondary N) is 2. The van der Waals surface area contributed by atoms with Crippen LogP contribution in [-0.2, 0) is 6.42 Å². The lowest BCUT2D eigenvalue weighted by Crippen LogP contribution is -1.96. The molecule has 3 nitrogen and oxygen atoms in total. The molecule has 4 heteroatoms. The Balaban J connectivity index is 2.24. The van der Waals surface area contributed by atoms with Crippen LogP contribution < -0.4 is 5.32 Å². The average molecular weight is 243 g/mol. The van der Waals surface area contributed by atoms with Crippen LogP contribution in [-0.4, -0.2) is 16.5 Å². The number of benzene rings is 1. The van der Waals surface area contributed by atoms with E-state index in [1.165, 1.54) is 16.7 Å². The minimum atomic E-state index is 0.537. The van der Waals surface area contributed by atoms with Gasteiger partial charge in [-0.15, -0.1) is 0 Å². The van der Waals surface area contributed by atoms with Crippen LogP contribution in [0.15, 0.2) is 24.3 Å². The number of H-pyrrole nitrogens is 1. The first-order valence-electron chi connectivity index (χ1n) is 5.68. The molecule has 0 atom stereocenters. The zero-order valence-corrected chi connectivity index (χ0v) is 10.4. The summed E-state index contributed by atoms with van der Waals surface area (Å²) in [5.41, 5.74) is 4.77. The van der Waals surface area contributed by atoms with Gasteiger partial charge in [0.15, 0.2) is 4.77 Å². The third-order valence-electron chi connectivity index (χ3n) is 3.01. The van der Waals surface area contributed by atoms with Crippen molar-refractivity contribution >= 4 is 18.0 Å². The topological polar surface area (TPSA) is 40.7 Å². The van der Waals surface area contributed by atoms with Crippen molar-refractivity contribution in [2.24, 2.45) is 0 Å². The van der Waals surface area contributed by atoms with E-state index in [2.05, 4.69) is 46.5 Å². The molecule has 0 radical (unpaired) electrons. The van der Waals surface area contributed by atoms with E-state index in [9.17, 15) is 0 Å². The summed E-state index contributed by atoms with van der Waals surface area (Å²) < 4.78 is 0.537. The van der Waals surface area contributed by atoms with E-state index in [0.29, 0.717) is 4.77 Å². The highest BCUT2D eigenvalue weighted by atomic mass is 32.1. The number of aromatic nitrogens is 2. The molecule has 1 aliphatic heterocycles. The molecular formula is C13H13N3S. The minimum absolute atomic E-state index is 0.537. The summed E-state index contributed by atoms with van der Waals surface area (Å²) >= 11 is 5.17. The molecule has 3 rings (SSSR count). The molecular weight excluding hydrogens is 230 g/mol. The van der Waals surface area contributed by atoms with Gasteiger partial charge in [-0.25, -0.2) is 4.98 Å². The first kappa shape index (κ1) is 10.5. The van der Waals surface area contributed by atoms with Crippen LogP contribution in [0, 0.1) is 11.7 Å². The Bertz CT molecular complexity index is 631. The molecule has 2 N–H and O–H groups in total. The molecule has 2 heterocycles. The maximum atomic E-state index is 5.17. The van der Waals surface area contributed by atoms with Crippen molar-refractivity contribution in [3.63, 3.8) is 0 Å². The maximum Gasteiger partial charge on any atom is 0.199 e. The average Bonchev–Trinajstić information content (AvgIpc) is 2.75. The first-order chi connectivity index (χ1) is 8.24. The second-order valence-electron chi connectivity index (χ2n) is 4.29. The van der Waals surface area contributed by atoms with E-state index in [-0.39, 0.29) is 0 Å². The summed E-state index contributed by atoms with van der Waals surface area (Å²) in [5, 5.41) is 3.27.